The molecule has 0 unspecified atom stereocenters. The Bertz CT molecular complexity index is 564. The first kappa shape index (κ1) is 9.92. The summed E-state index contributed by atoms with van der Waals surface area (Å²) in [5.74, 6) is -0.946. The molecular formula is C10H9NO3S. The fourth-order valence-corrected chi connectivity index (χ4v) is 2.50. The molecule has 0 aliphatic rings. The number of fused-ring (bicyclic) bond motifs is 1. The summed E-state index contributed by atoms with van der Waals surface area (Å²) in [6, 6.07) is 3.31. The van der Waals surface area contributed by atoms with Crippen LogP contribution in [0.1, 0.15) is 27.1 Å². The molecule has 0 saturated carbocycles. The summed E-state index contributed by atoms with van der Waals surface area (Å²) < 4.78 is 1.59. The van der Waals surface area contributed by atoms with Crippen molar-refractivity contribution >= 4 is 33.3 Å². The van der Waals surface area contributed by atoms with Crippen LogP contribution in [0, 0.1) is 0 Å². The molecule has 2 rings (SSSR count). The van der Waals surface area contributed by atoms with Gasteiger partial charge in [0.2, 0.25) is 0 Å². The third-order valence-corrected chi connectivity index (χ3v) is 3.59. The van der Waals surface area contributed by atoms with E-state index in [4.69, 9.17) is 5.11 Å². The topological polar surface area (TPSA) is 59.3 Å². The second-order valence-electron chi connectivity index (χ2n) is 3.32. The van der Waals surface area contributed by atoms with Gasteiger partial charge in [-0.2, -0.15) is 0 Å². The number of rotatable bonds is 2. The van der Waals surface area contributed by atoms with E-state index in [-0.39, 0.29) is 11.5 Å². The molecule has 2 heterocycles. The van der Waals surface area contributed by atoms with Gasteiger partial charge >= 0.3 is 5.97 Å². The number of carboxylic acid groups (broad SMARTS) is 1. The smallest absolute Gasteiger partial charge is 0.352 e. The molecule has 0 aromatic carbocycles. The van der Waals surface area contributed by atoms with Crippen molar-refractivity contribution in [1.82, 2.24) is 4.57 Å². The summed E-state index contributed by atoms with van der Waals surface area (Å²) in [7, 11) is 1.69. The Morgan fingerprint density at radius 3 is 2.53 bits per heavy atom. The largest absolute Gasteiger partial charge is 0.477 e. The number of carbonyl (C=O) groups excluding carboxylic acids is 1. The molecule has 2 aromatic rings. The average Bonchev–Trinajstić information content (AvgIpc) is 2.65. The van der Waals surface area contributed by atoms with Crippen LogP contribution in [-0.4, -0.2) is 21.4 Å². The normalized spacial score (nSPS) is 10.8. The fraction of sp³-hybridized carbons (Fsp3) is 0.200. The van der Waals surface area contributed by atoms with Gasteiger partial charge in [0.05, 0.1) is 4.88 Å². The van der Waals surface area contributed by atoms with Gasteiger partial charge in [0, 0.05) is 12.4 Å². The minimum atomic E-state index is -0.953. The third kappa shape index (κ3) is 1.45. The Balaban J connectivity index is 2.67. The van der Waals surface area contributed by atoms with E-state index in [9.17, 15) is 9.59 Å². The molecule has 2 aromatic heterocycles. The van der Waals surface area contributed by atoms with Crippen molar-refractivity contribution in [3.63, 3.8) is 0 Å². The summed E-state index contributed by atoms with van der Waals surface area (Å²) in [5, 5.41) is 9.69. The van der Waals surface area contributed by atoms with Crippen molar-refractivity contribution in [2.24, 2.45) is 7.05 Å². The van der Waals surface area contributed by atoms with Gasteiger partial charge in [-0.1, -0.05) is 0 Å². The Morgan fingerprint density at radius 1 is 1.40 bits per heavy atom. The summed E-state index contributed by atoms with van der Waals surface area (Å²) in [5.41, 5.74) is 0.242. The lowest BCUT2D eigenvalue weighted by atomic mass is 10.3. The Kier molecular flexibility index (Phi) is 2.12. The van der Waals surface area contributed by atoms with Crippen LogP contribution < -0.4 is 0 Å². The molecule has 0 spiro atoms. The molecule has 0 bridgehead atoms. The van der Waals surface area contributed by atoms with E-state index in [0.29, 0.717) is 4.88 Å². The lowest BCUT2D eigenvalue weighted by molar-refractivity contribution is 0.0687. The molecule has 0 aliphatic carbocycles. The van der Waals surface area contributed by atoms with Gasteiger partial charge in [0.1, 0.15) is 10.5 Å². The van der Waals surface area contributed by atoms with E-state index in [0.717, 1.165) is 10.2 Å². The highest BCUT2D eigenvalue weighted by Gasteiger charge is 2.15. The zero-order chi connectivity index (χ0) is 11.2. The second kappa shape index (κ2) is 3.20. The number of aromatic carboxylic acids is 1. The third-order valence-electron chi connectivity index (χ3n) is 2.26. The van der Waals surface area contributed by atoms with Crippen molar-refractivity contribution in [2.45, 2.75) is 6.92 Å². The average molecular weight is 223 g/mol. The van der Waals surface area contributed by atoms with Gasteiger partial charge < -0.3 is 9.67 Å². The van der Waals surface area contributed by atoms with Crippen molar-refractivity contribution in [3.05, 3.63) is 22.7 Å². The van der Waals surface area contributed by atoms with Crippen molar-refractivity contribution < 1.29 is 14.7 Å². The monoisotopic (exact) mass is 223 g/mol. The Hall–Kier alpha value is -1.62. The fourth-order valence-electron chi connectivity index (χ4n) is 1.49. The first-order chi connectivity index (χ1) is 7.00. The number of aryl methyl sites for hydroxylation is 1. The van der Waals surface area contributed by atoms with Crippen LogP contribution in [-0.2, 0) is 7.05 Å². The molecule has 0 radical (unpaired) electrons. The highest BCUT2D eigenvalue weighted by Crippen LogP contribution is 2.28. The summed E-state index contributed by atoms with van der Waals surface area (Å²) in [6.45, 7) is 1.50. The zero-order valence-corrected chi connectivity index (χ0v) is 9.09. The van der Waals surface area contributed by atoms with Crippen LogP contribution in [0.15, 0.2) is 12.1 Å². The van der Waals surface area contributed by atoms with Crippen molar-refractivity contribution in [1.29, 1.82) is 0 Å². The van der Waals surface area contributed by atoms with Gasteiger partial charge in [-0.05, 0) is 19.1 Å². The molecule has 78 valence electrons. The number of nitrogens with zero attached hydrogens (tertiary/aromatic N) is 1. The van der Waals surface area contributed by atoms with Crippen molar-refractivity contribution in [3.8, 4) is 0 Å². The maximum atomic E-state index is 11.1. The number of hydrogen-bond acceptors (Lipinski definition) is 3. The second-order valence-corrected chi connectivity index (χ2v) is 4.35. The Labute approximate surface area is 89.7 Å². The minimum absolute atomic E-state index is 0.00748. The molecular weight excluding hydrogens is 214 g/mol. The lowest BCUT2D eigenvalue weighted by Crippen LogP contribution is -2.03. The maximum absolute atomic E-state index is 11.1. The summed E-state index contributed by atoms with van der Waals surface area (Å²) in [6.07, 6.45) is 0. The number of aromatic nitrogens is 1. The molecule has 0 amide bonds. The van der Waals surface area contributed by atoms with E-state index in [1.165, 1.54) is 18.3 Å². The van der Waals surface area contributed by atoms with Gasteiger partial charge in [-0.25, -0.2) is 4.79 Å². The van der Waals surface area contributed by atoms with Gasteiger partial charge in [-0.15, -0.1) is 11.3 Å². The number of carboxylic acids is 1. The van der Waals surface area contributed by atoms with Gasteiger partial charge in [-0.3, -0.25) is 4.79 Å². The van der Waals surface area contributed by atoms with E-state index >= 15 is 0 Å². The number of carbonyl (C=O) groups is 2. The quantitative estimate of drug-likeness (QED) is 0.793. The van der Waals surface area contributed by atoms with Crippen LogP contribution in [0.5, 0.6) is 0 Å². The van der Waals surface area contributed by atoms with Crippen LogP contribution in [0.4, 0.5) is 0 Å². The van der Waals surface area contributed by atoms with E-state index in [1.807, 2.05) is 0 Å². The SMILES string of the molecule is CC(=O)c1cc2cc(C(=O)O)n(C)c2s1. The van der Waals surface area contributed by atoms with Gasteiger partial charge in [0.15, 0.2) is 5.78 Å². The van der Waals surface area contributed by atoms with E-state index < -0.39 is 5.97 Å². The first-order valence-corrected chi connectivity index (χ1v) is 5.16. The Morgan fingerprint density at radius 2 is 2.07 bits per heavy atom. The highest BCUT2D eigenvalue weighted by atomic mass is 32.1. The highest BCUT2D eigenvalue weighted by molar-refractivity contribution is 7.20. The van der Waals surface area contributed by atoms with Crippen LogP contribution in [0.3, 0.4) is 0 Å². The van der Waals surface area contributed by atoms with E-state index in [2.05, 4.69) is 0 Å². The lowest BCUT2D eigenvalue weighted by Gasteiger charge is -1.96. The molecule has 0 saturated heterocycles. The predicted molar refractivity (Wildman–Crippen MR) is 57.8 cm³/mol. The number of ketones is 1. The molecule has 0 aliphatic heterocycles. The zero-order valence-electron chi connectivity index (χ0n) is 8.27. The molecule has 5 heteroatoms. The van der Waals surface area contributed by atoms with E-state index in [1.54, 1.807) is 23.7 Å². The van der Waals surface area contributed by atoms with Gasteiger partial charge in [0.25, 0.3) is 0 Å². The summed E-state index contributed by atoms with van der Waals surface area (Å²) in [4.78, 5) is 23.4. The molecule has 0 atom stereocenters. The molecule has 4 nitrogen and oxygen atoms in total. The standard InChI is InChI=1S/C10H9NO3S/c1-5(12)8-4-6-3-7(10(13)14)11(2)9(6)15-8/h3-4H,1-2H3,(H,13,14). The number of Topliss-reactive ketones (excluding diaryl/α,β-unsaturated/α-hetero) is 1. The minimum Gasteiger partial charge on any atom is -0.477 e. The molecule has 15 heavy (non-hydrogen) atoms. The molecule has 1 N–H and O–H groups in total. The maximum Gasteiger partial charge on any atom is 0.352 e. The van der Waals surface area contributed by atoms with Crippen molar-refractivity contribution in [2.75, 3.05) is 0 Å². The molecule has 0 fully saturated rings. The van der Waals surface area contributed by atoms with Crippen LogP contribution in [0.25, 0.3) is 10.2 Å². The predicted octanol–water partition coefficient (Wildman–Crippen LogP) is 2.14. The number of thiophene rings is 1. The number of hydrogen-bond donors (Lipinski definition) is 1. The summed E-state index contributed by atoms with van der Waals surface area (Å²) >= 11 is 1.32. The van der Waals surface area contributed by atoms with Crippen LogP contribution in [0.2, 0.25) is 0 Å². The van der Waals surface area contributed by atoms with Crippen LogP contribution >= 0.6 is 11.3 Å². The first-order valence-electron chi connectivity index (χ1n) is 4.34.